The van der Waals surface area contributed by atoms with Crippen molar-refractivity contribution < 1.29 is 53.8 Å². The maximum Gasteiger partial charge on any atom is 1.00 e. The van der Waals surface area contributed by atoms with Gasteiger partial charge in [0.05, 0.1) is 29.9 Å². The molecule has 0 aliphatic carbocycles. The van der Waals surface area contributed by atoms with Crippen LogP contribution in [0, 0.1) is 0 Å². The number of esters is 1. The third kappa shape index (κ3) is 6.10. The van der Waals surface area contributed by atoms with Crippen LogP contribution in [0.25, 0.3) is 16.6 Å². The second kappa shape index (κ2) is 12.0. The Hall–Kier alpha value is -3.17. The minimum absolute atomic E-state index is 0. The molecular weight excluding hydrogens is 475 g/mol. The van der Waals surface area contributed by atoms with E-state index in [2.05, 4.69) is 8.75 Å². The fraction of sp³-hybridized carbons (Fsp3) is 0.115. The summed E-state index contributed by atoms with van der Waals surface area (Å²) in [5, 5.41) is 12.3. The Morgan fingerprint density at radius 1 is 0.857 bits per heavy atom. The first-order chi connectivity index (χ1) is 16.5. The monoisotopic (exact) mass is 494 g/mol. The third-order valence-electron chi connectivity index (χ3n) is 5.20. The van der Waals surface area contributed by atoms with Crippen molar-refractivity contribution in [3.63, 3.8) is 0 Å². The smallest absolute Gasteiger partial charge is 0.545 e. The van der Waals surface area contributed by atoms with Crippen molar-refractivity contribution in [3.8, 4) is 0 Å². The summed E-state index contributed by atoms with van der Waals surface area (Å²) in [5.74, 6) is -2.35. The molecule has 9 heteroatoms. The van der Waals surface area contributed by atoms with Crippen LogP contribution in [0.4, 0.5) is 0 Å². The number of carbonyl (C=O) groups is 3. The van der Waals surface area contributed by atoms with Gasteiger partial charge in [-0.25, -0.2) is 4.79 Å². The Balaban J connectivity index is 0.00000342. The Morgan fingerprint density at radius 2 is 1.51 bits per heavy atom. The molecule has 0 amide bonds. The van der Waals surface area contributed by atoms with Gasteiger partial charge >= 0.3 is 35.5 Å². The summed E-state index contributed by atoms with van der Waals surface area (Å²) in [6.07, 6.45) is 0.0213. The number of aromatic nitrogens is 2. The fourth-order valence-corrected chi connectivity index (χ4v) is 4.09. The van der Waals surface area contributed by atoms with Crippen molar-refractivity contribution >= 4 is 46.1 Å². The molecular formula is C26H19N2NaO5S. The minimum Gasteiger partial charge on any atom is -0.545 e. The predicted molar refractivity (Wildman–Crippen MR) is 126 cm³/mol. The van der Waals surface area contributed by atoms with Crippen LogP contribution in [0.3, 0.4) is 0 Å². The Morgan fingerprint density at radius 3 is 2.17 bits per heavy atom. The predicted octanol–water partition coefficient (Wildman–Crippen LogP) is 0.501. The van der Waals surface area contributed by atoms with Crippen LogP contribution in [-0.4, -0.2) is 33.1 Å². The molecule has 0 saturated carbocycles. The van der Waals surface area contributed by atoms with E-state index in [1.165, 1.54) is 0 Å². The van der Waals surface area contributed by atoms with E-state index >= 15 is 0 Å². The molecule has 0 N–H and O–H groups in total. The largest absolute Gasteiger partial charge is 1.00 e. The van der Waals surface area contributed by atoms with Crippen LogP contribution in [0.1, 0.15) is 38.8 Å². The maximum absolute atomic E-state index is 13.5. The Bertz CT molecular complexity index is 1400. The number of hydrogen-bond donors (Lipinski definition) is 0. The van der Waals surface area contributed by atoms with E-state index < -0.39 is 17.7 Å². The second-order valence-electron chi connectivity index (χ2n) is 7.40. The molecule has 7 nitrogen and oxygen atoms in total. The molecule has 0 spiro atoms. The summed E-state index contributed by atoms with van der Waals surface area (Å²) >= 11 is 1.02. The Labute approximate surface area is 228 Å². The number of rotatable bonds is 8. The molecule has 4 aromatic rings. The van der Waals surface area contributed by atoms with E-state index in [-0.39, 0.29) is 53.7 Å². The van der Waals surface area contributed by atoms with E-state index in [1.54, 1.807) is 79.7 Å². The van der Waals surface area contributed by atoms with E-state index in [0.29, 0.717) is 33.3 Å². The first kappa shape index (κ1) is 26.4. The average Bonchev–Trinajstić information content (AvgIpc) is 3.32. The number of ether oxygens (including phenoxy) is 1. The molecule has 0 atom stereocenters. The molecule has 0 aliphatic rings. The number of benzene rings is 3. The second-order valence-corrected chi connectivity index (χ2v) is 7.93. The molecule has 1 aromatic heterocycles. The minimum atomic E-state index is -1.47. The van der Waals surface area contributed by atoms with Crippen molar-refractivity contribution in [3.05, 3.63) is 101 Å². The van der Waals surface area contributed by atoms with Gasteiger partial charge in [-0.3, -0.25) is 4.79 Å². The number of Topliss-reactive ketones (excluding diaryl/α,β-unsaturated/α-hetero) is 1. The van der Waals surface area contributed by atoms with Gasteiger partial charge in [-0.05, 0) is 42.3 Å². The van der Waals surface area contributed by atoms with Crippen molar-refractivity contribution in [2.24, 2.45) is 0 Å². The summed E-state index contributed by atoms with van der Waals surface area (Å²) < 4.78 is 13.3. The molecule has 35 heavy (non-hydrogen) atoms. The van der Waals surface area contributed by atoms with Crippen LogP contribution in [0.2, 0.25) is 0 Å². The number of carboxylic acid groups (broad SMARTS) is 1. The van der Waals surface area contributed by atoms with E-state index in [1.807, 2.05) is 0 Å². The summed E-state index contributed by atoms with van der Waals surface area (Å²) in [6, 6.07) is 19.8. The SMILES string of the molecule is CCOC(=O)c1ccc(C/C(C(=O)c2ccccc2)=C(\C(=O)[O-])c2ccc3nsnc3c2)cc1.[Na+]. The van der Waals surface area contributed by atoms with Crippen LogP contribution in [0.5, 0.6) is 0 Å². The molecule has 0 fully saturated rings. The van der Waals surface area contributed by atoms with Gasteiger partial charge in [0.1, 0.15) is 11.0 Å². The summed E-state index contributed by atoms with van der Waals surface area (Å²) in [7, 11) is 0. The molecule has 0 radical (unpaired) electrons. The number of hydrogen-bond acceptors (Lipinski definition) is 8. The zero-order valence-electron chi connectivity index (χ0n) is 19.2. The van der Waals surface area contributed by atoms with Crippen LogP contribution >= 0.6 is 11.7 Å². The molecule has 0 saturated heterocycles. The average molecular weight is 495 g/mol. The van der Waals surface area contributed by atoms with Crippen molar-refractivity contribution in [2.75, 3.05) is 6.61 Å². The molecule has 0 aliphatic heterocycles. The fourth-order valence-electron chi connectivity index (χ4n) is 3.58. The van der Waals surface area contributed by atoms with Gasteiger partial charge in [0.2, 0.25) is 0 Å². The van der Waals surface area contributed by atoms with Crippen molar-refractivity contribution in [1.82, 2.24) is 8.75 Å². The first-order valence-corrected chi connectivity index (χ1v) is 11.2. The van der Waals surface area contributed by atoms with E-state index in [4.69, 9.17) is 4.74 Å². The van der Waals surface area contributed by atoms with Gasteiger partial charge in [-0.1, -0.05) is 48.5 Å². The van der Waals surface area contributed by atoms with Gasteiger partial charge < -0.3 is 14.6 Å². The number of carboxylic acids is 1. The molecule has 1 heterocycles. The molecule has 0 bridgehead atoms. The van der Waals surface area contributed by atoms with Gasteiger partial charge in [0.25, 0.3) is 0 Å². The number of carbonyl (C=O) groups excluding carboxylic acids is 3. The van der Waals surface area contributed by atoms with Gasteiger partial charge in [-0.2, -0.15) is 8.75 Å². The summed E-state index contributed by atoms with van der Waals surface area (Å²) in [4.78, 5) is 37.8. The van der Waals surface area contributed by atoms with Crippen LogP contribution in [0.15, 0.2) is 78.4 Å². The number of nitrogens with zero attached hydrogens (tertiary/aromatic N) is 2. The van der Waals surface area contributed by atoms with Crippen molar-refractivity contribution in [1.29, 1.82) is 0 Å². The number of ketones is 1. The Kier molecular flexibility index (Phi) is 9.06. The van der Waals surface area contributed by atoms with E-state index in [9.17, 15) is 19.5 Å². The third-order valence-corrected chi connectivity index (χ3v) is 5.76. The quantitative estimate of drug-likeness (QED) is 0.152. The van der Waals surface area contributed by atoms with Crippen LogP contribution < -0.4 is 34.7 Å². The number of allylic oxidation sites excluding steroid dienone is 1. The molecule has 3 aromatic carbocycles. The summed E-state index contributed by atoms with van der Waals surface area (Å²) in [6.45, 7) is 1.98. The molecule has 170 valence electrons. The standard InChI is InChI=1S/C26H20N2O5S.Na/c1-2-33-26(32)18-10-8-16(9-11-18)14-20(24(29)17-6-4-3-5-7-17)23(25(30)31)19-12-13-21-22(15-19)28-34-27-21;/h3-13,15H,2,14H2,1H3,(H,30,31);/q;+1/p-1/b23-20+;. The molecule has 0 unspecified atom stereocenters. The maximum atomic E-state index is 13.5. The zero-order chi connectivity index (χ0) is 24.1. The first-order valence-electron chi connectivity index (χ1n) is 10.5. The van der Waals surface area contributed by atoms with Gasteiger partial charge in [-0.15, -0.1) is 0 Å². The summed E-state index contributed by atoms with van der Waals surface area (Å²) in [5.41, 5.74) is 2.72. The van der Waals surface area contributed by atoms with Crippen LogP contribution in [-0.2, 0) is 16.0 Å². The molecule has 4 rings (SSSR count). The number of fused-ring (bicyclic) bond motifs is 1. The number of aliphatic carboxylic acids is 1. The van der Waals surface area contributed by atoms with Gasteiger partial charge in [0.15, 0.2) is 5.78 Å². The van der Waals surface area contributed by atoms with E-state index in [0.717, 1.165) is 11.7 Å². The zero-order valence-corrected chi connectivity index (χ0v) is 22.0. The van der Waals surface area contributed by atoms with Gasteiger partial charge in [0, 0.05) is 23.1 Å². The van der Waals surface area contributed by atoms with Crippen molar-refractivity contribution in [2.45, 2.75) is 13.3 Å². The topological polar surface area (TPSA) is 109 Å². The normalized spacial score (nSPS) is 11.3.